The van der Waals surface area contributed by atoms with Gasteiger partial charge in [-0.25, -0.2) is 18.2 Å². The Bertz CT molecular complexity index is 1090. The zero-order chi connectivity index (χ0) is 21.0. The molecule has 0 fully saturated rings. The Balaban J connectivity index is 1.97. The number of hydrogen-bond donors (Lipinski definition) is 0. The van der Waals surface area contributed by atoms with Crippen molar-refractivity contribution in [3.63, 3.8) is 0 Å². The van der Waals surface area contributed by atoms with Crippen molar-refractivity contribution < 1.29 is 22.7 Å². The third kappa shape index (κ3) is 4.23. The summed E-state index contributed by atoms with van der Waals surface area (Å²) < 4.78 is 37.4. The van der Waals surface area contributed by atoms with Crippen LogP contribution in [0.3, 0.4) is 0 Å². The molecule has 0 spiro atoms. The minimum Gasteiger partial charge on any atom is -0.496 e. The smallest absolute Gasteiger partial charge is 0.363 e. The van der Waals surface area contributed by atoms with Crippen LogP contribution in [0.2, 0.25) is 0 Å². The number of rotatable bonds is 7. The maximum Gasteiger partial charge on any atom is 0.363 e. The molecule has 1 aliphatic rings. The largest absolute Gasteiger partial charge is 0.496 e. The molecule has 0 N–H and O–H groups in total. The summed E-state index contributed by atoms with van der Waals surface area (Å²) in [7, 11) is -2.09. The summed E-state index contributed by atoms with van der Waals surface area (Å²) >= 11 is 0. The highest BCUT2D eigenvalue weighted by Crippen LogP contribution is 2.25. The van der Waals surface area contributed by atoms with E-state index < -0.39 is 16.0 Å². The highest BCUT2D eigenvalue weighted by molar-refractivity contribution is 7.89. The van der Waals surface area contributed by atoms with Crippen molar-refractivity contribution in [3.05, 3.63) is 65.4 Å². The average molecular weight is 414 g/mol. The molecule has 0 radical (unpaired) electrons. The van der Waals surface area contributed by atoms with Crippen molar-refractivity contribution >= 4 is 28.0 Å². The van der Waals surface area contributed by atoms with Crippen LogP contribution in [0.5, 0.6) is 5.75 Å². The summed E-state index contributed by atoms with van der Waals surface area (Å²) in [6, 6.07) is 13.4. The van der Waals surface area contributed by atoms with Crippen LogP contribution in [0.1, 0.15) is 25.0 Å². The second-order valence-electron chi connectivity index (χ2n) is 6.20. The summed E-state index contributed by atoms with van der Waals surface area (Å²) in [5.74, 6) is 0.0550. The van der Waals surface area contributed by atoms with Gasteiger partial charge in [-0.05, 0) is 30.3 Å². The molecule has 3 rings (SSSR count). The quantitative estimate of drug-likeness (QED) is 0.513. The van der Waals surface area contributed by atoms with E-state index in [9.17, 15) is 13.2 Å². The second-order valence-corrected chi connectivity index (χ2v) is 8.13. The standard InChI is InChI=1S/C21H22N2O5S/c1-4-23(5-2)29(25,26)17-11-8-10-16(13-17)20-22-18(21(24)28-20)14-15-9-6-7-12-19(15)27-3/h6-14H,4-5H2,1-3H3. The third-order valence-corrected chi connectivity index (χ3v) is 6.52. The number of ether oxygens (including phenoxy) is 2. The summed E-state index contributed by atoms with van der Waals surface area (Å²) in [6.45, 7) is 4.29. The van der Waals surface area contributed by atoms with Gasteiger partial charge in [-0.3, -0.25) is 0 Å². The Morgan fingerprint density at radius 1 is 1.10 bits per heavy atom. The number of nitrogens with zero attached hydrogens (tertiary/aromatic N) is 2. The van der Waals surface area contributed by atoms with Gasteiger partial charge in [0.2, 0.25) is 15.9 Å². The SMILES string of the molecule is CCN(CC)S(=O)(=O)c1cccc(C2=NC(=Cc3ccccc3OC)C(=O)O2)c1. The van der Waals surface area contributed by atoms with E-state index >= 15 is 0 Å². The number of esters is 1. The number of benzene rings is 2. The Morgan fingerprint density at radius 2 is 1.83 bits per heavy atom. The van der Waals surface area contributed by atoms with Gasteiger partial charge in [-0.2, -0.15) is 4.31 Å². The number of carbonyl (C=O) groups excluding carboxylic acids is 1. The van der Waals surface area contributed by atoms with Crippen LogP contribution in [-0.2, 0) is 19.6 Å². The highest BCUT2D eigenvalue weighted by atomic mass is 32.2. The molecular weight excluding hydrogens is 392 g/mol. The van der Waals surface area contributed by atoms with Crippen molar-refractivity contribution in [3.8, 4) is 5.75 Å². The summed E-state index contributed by atoms with van der Waals surface area (Å²) in [4.78, 5) is 16.7. The van der Waals surface area contributed by atoms with E-state index in [-0.39, 0.29) is 16.5 Å². The molecule has 2 aromatic rings. The van der Waals surface area contributed by atoms with Crippen LogP contribution in [0.4, 0.5) is 0 Å². The molecule has 2 aromatic carbocycles. The third-order valence-electron chi connectivity index (χ3n) is 4.48. The van der Waals surface area contributed by atoms with Crippen molar-refractivity contribution in [2.45, 2.75) is 18.7 Å². The van der Waals surface area contributed by atoms with Crippen molar-refractivity contribution in [2.75, 3.05) is 20.2 Å². The van der Waals surface area contributed by atoms with Crippen LogP contribution < -0.4 is 4.74 Å². The zero-order valence-electron chi connectivity index (χ0n) is 16.5. The first-order chi connectivity index (χ1) is 13.9. The first-order valence-electron chi connectivity index (χ1n) is 9.16. The van der Waals surface area contributed by atoms with Crippen LogP contribution in [0.15, 0.2) is 64.1 Å². The van der Waals surface area contributed by atoms with Crippen LogP contribution in [0.25, 0.3) is 6.08 Å². The maximum atomic E-state index is 12.8. The fraction of sp³-hybridized carbons (Fsp3) is 0.238. The van der Waals surface area contributed by atoms with Crippen LogP contribution >= 0.6 is 0 Å². The fourth-order valence-electron chi connectivity index (χ4n) is 2.97. The van der Waals surface area contributed by atoms with E-state index in [2.05, 4.69) is 4.99 Å². The van der Waals surface area contributed by atoms with Gasteiger partial charge in [0, 0.05) is 24.2 Å². The second kappa shape index (κ2) is 8.59. The van der Waals surface area contributed by atoms with Gasteiger partial charge in [-0.15, -0.1) is 0 Å². The van der Waals surface area contributed by atoms with Gasteiger partial charge in [0.1, 0.15) is 5.75 Å². The van der Waals surface area contributed by atoms with E-state index in [0.717, 1.165) is 0 Å². The lowest BCUT2D eigenvalue weighted by molar-refractivity contribution is -0.129. The number of cyclic esters (lactones) is 1. The van der Waals surface area contributed by atoms with Gasteiger partial charge in [0.05, 0.1) is 12.0 Å². The van der Waals surface area contributed by atoms with Gasteiger partial charge in [-0.1, -0.05) is 38.1 Å². The molecule has 0 saturated heterocycles. The minimum atomic E-state index is -3.63. The Morgan fingerprint density at radius 3 is 2.52 bits per heavy atom. The number of sulfonamides is 1. The zero-order valence-corrected chi connectivity index (χ0v) is 17.3. The molecule has 0 atom stereocenters. The highest BCUT2D eigenvalue weighted by Gasteiger charge is 2.27. The lowest BCUT2D eigenvalue weighted by Crippen LogP contribution is -2.30. The van der Waals surface area contributed by atoms with Crippen molar-refractivity contribution in [1.29, 1.82) is 0 Å². The van der Waals surface area contributed by atoms with E-state index in [1.54, 1.807) is 51.3 Å². The average Bonchev–Trinajstić information content (AvgIpc) is 3.09. The Hall–Kier alpha value is -2.97. The number of methoxy groups -OCH3 is 1. The normalized spacial score (nSPS) is 15.5. The molecular formula is C21H22N2O5S. The van der Waals surface area contributed by atoms with Gasteiger partial charge < -0.3 is 9.47 Å². The molecule has 0 unspecified atom stereocenters. The molecule has 0 bridgehead atoms. The van der Waals surface area contributed by atoms with E-state index in [1.165, 1.54) is 16.4 Å². The molecule has 0 aliphatic carbocycles. The molecule has 1 aliphatic heterocycles. The molecule has 1 heterocycles. The maximum absolute atomic E-state index is 12.8. The summed E-state index contributed by atoms with van der Waals surface area (Å²) in [6.07, 6.45) is 1.57. The van der Waals surface area contributed by atoms with E-state index in [4.69, 9.17) is 9.47 Å². The van der Waals surface area contributed by atoms with Gasteiger partial charge in [0.15, 0.2) is 5.70 Å². The van der Waals surface area contributed by atoms with E-state index in [1.807, 2.05) is 12.1 Å². The fourth-order valence-corrected chi connectivity index (χ4v) is 4.47. The Kier molecular flexibility index (Phi) is 6.14. The molecule has 29 heavy (non-hydrogen) atoms. The van der Waals surface area contributed by atoms with Gasteiger partial charge >= 0.3 is 5.97 Å². The number of aliphatic imine (C=N–C) groups is 1. The van der Waals surface area contributed by atoms with Crippen molar-refractivity contribution in [2.24, 2.45) is 4.99 Å². The van der Waals surface area contributed by atoms with Gasteiger partial charge in [0.25, 0.3) is 0 Å². The summed E-state index contributed by atoms with van der Waals surface area (Å²) in [5, 5.41) is 0. The molecule has 8 heteroatoms. The number of hydrogen-bond acceptors (Lipinski definition) is 6. The minimum absolute atomic E-state index is 0.0627. The lowest BCUT2D eigenvalue weighted by atomic mass is 10.1. The van der Waals surface area contributed by atoms with E-state index in [0.29, 0.717) is 30.0 Å². The first kappa shape index (κ1) is 20.8. The predicted octanol–water partition coefficient (Wildman–Crippen LogP) is 3.07. The molecule has 0 saturated carbocycles. The molecule has 0 amide bonds. The molecule has 152 valence electrons. The number of para-hydroxylation sites is 1. The monoisotopic (exact) mass is 414 g/mol. The van der Waals surface area contributed by atoms with Crippen LogP contribution in [0, 0.1) is 0 Å². The van der Waals surface area contributed by atoms with Crippen LogP contribution in [-0.4, -0.2) is 44.8 Å². The summed E-state index contributed by atoms with van der Waals surface area (Å²) in [5.41, 5.74) is 1.21. The van der Waals surface area contributed by atoms with Crippen molar-refractivity contribution in [1.82, 2.24) is 4.31 Å². The predicted molar refractivity (Wildman–Crippen MR) is 110 cm³/mol. The lowest BCUT2D eigenvalue weighted by Gasteiger charge is -2.18. The molecule has 0 aromatic heterocycles. The topological polar surface area (TPSA) is 85.3 Å². The molecule has 7 nitrogen and oxygen atoms in total. The Labute approximate surface area is 170 Å². The number of carbonyl (C=O) groups is 1. The first-order valence-corrected chi connectivity index (χ1v) is 10.6.